The number of hydrogen-bond acceptors (Lipinski definition) is 3. The van der Waals surface area contributed by atoms with Gasteiger partial charge in [0.15, 0.2) is 0 Å². The Morgan fingerprint density at radius 3 is 2.69 bits per heavy atom. The van der Waals surface area contributed by atoms with Crippen molar-refractivity contribution in [2.24, 2.45) is 24.3 Å². The highest BCUT2D eigenvalue weighted by Crippen LogP contribution is 2.44. The summed E-state index contributed by atoms with van der Waals surface area (Å²) < 4.78 is 1.40. The standard InChI is InChI=1S/C20H29N3O3/c1-20(2,3)15-11-17(24)22-16-10-12(7-8-13(15)16)21-18(25)14-6-5-9-23(4)19(14)26/h5-6,9,12-13,15-16H,7-8,10-11H2,1-4H3,(H,21,25)(H,22,24). The van der Waals surface area contributed by atoms with Gasteiger partial charge < -0.3 is 15.2 Å². The van der Waals surface area contributed by atoms with Crippen LogP contribution in [0.1, 0.15) is 56.8 Å². The fourth-order valence-electron chi connectivity index (χ4n) is 4.57. The minimum atomic E-state index is -0.329. The van der Waals surface area contributed by atoms with Gasteiger partial charge in [-0.2, -0.15) is 0 Å². The monoisotopic (exact) mass is 359 g/mol. The van der Waals surface area contributed by atoms with Gasteiger partial charge in [0.05, 0.1) is 0 Å². The molecule has 2 heterocycles. The van der Waals surface area contributed by atoms with Crippen LogP contribution in [-0.4, -0.2) is 28.5 Å². The van der Waals surface area contributed by atoms with Gasteiger partial charge in [0.1, 0.15) is 5.56 Å². The van der Waals surface area contributed by atoms with Crippen molar-refractivity contribution in [1.29, 1.82) is 0 Å². The Labute approximate surface area is 154 Å². The largest absolute Gasteiger partial charge is 0.353 e. The van der Waals surface area contributed by atoms with E-state index in [1.54, 1.807) is 25.4 Å². The van der Waals surface area contributed by atoms with Crippen LogP contribution in [0, 0.1) is 17.3 Å². The van der Waals surface area contributed by atoms with Crippen molar-refractivity contribution in [3.8, 4) is 0 Å². The van der Waals surface area contributed by atoms with E-state index in [4.69, 9.17) is 0 Å². The van der Waals surface area contributed by atoms with Crippen molar-refractivity contribution in [1.82, 2.24) is 15.2 Å². The predicted molar refractivity (Wildman–Crippen MR) is 99.8 cm³/mol. The molecule has 0 aromatic carbocycles. The number of aryl methyl sites for hydroxylation is 1. The Morgan fingerprint density at radius 2 is 2.00 bits per heavy atom. The van der Waals surface area contributed by atoms with Gasteiger partial charge in [0, 0.05) is 31.7 Å². The minimum absolute atomic E-state index is 0.0207. The van der Waals surface area contributed by atoms with Gasteiger partial charge in [-0.25, -0.2) is 0 Å². The molecule has 142 valence electrons. The van der Waals surface area contributed by atoms with E-state index in [9.17, 15) is 14.4 Å². The molecule has 1 aliphatic carbocycles. The third-order valence-electron chi connectivity index (χ3n) is 5.99. The normalized spacial score (nSPS) is 28.8. The maximum atomic E-state index is 12.5. The molecule has 0 bridgehead atoms. The van der Waals surface area contributed by atoms with Gasteiger partial charge >= 0.3 is 0 Å². The SMILES string of the molecule is Cn1cccc(C(=O)NC2CCC3C(C2)NC(=O)CC3C(C)(C)C)c1=O. The van der Waals surface area contributed by atoms with E-state index in [2.05, 4.69) is 31.4 Å². The van der Waals surface area contributed by atoms with Crippen LogP contribution in [-0.2, 0) is 11.8 Å². The first kappa shape index (κ1) is 18.7. The minimum Gasteiger partial charge on any atom is -0.353 e. The number of rotatable bonds is 2. The summed E-state index contributed by atoms with van der Waals surface area (Å²) in [6.07, 6.45) is 4.80. The van der Waals surface area contributed by atoms with Crippen molar-refractivity contribution in [3.05, 3.63) is 34.2 Å². The molecule has 3 rings (SSSR count). The fraction of sp³-hybridized carbons (Fsp3) is 0.650. The molecule has 2 aliphatic rings. The second-order valence-electron chi connectivity index (χ2n) is 8.84. The molecule has 0 spiro atoms. The third kappa shape index (κ3) is 3.69. The van der Waals surface area contributed by atoms with Crippen LogP contribution in [0.5, 0.6) is 0 Å². The molecule has 2 fully saturated rings. The average Bonchev–Trinajstić information content (AvgIpc) is 2.55. The van der Waals surface area contributed by atoms with Crippen molar-refractivity contribution in [2.45, 2.75) is 58.5 Å². The summed E-state index contributed by atoms with van der Waals surface area (Å²) in [6.45, 7) is 6.60. The molecular formula is C20H29N3O3. The molecule has 4 unspecified atom stereocenters. The number of pyridine rings is 1. The van der Waals surface area contributed by atoms with Crippen LogP contribution in [0.2, 0.25) is 0 Å². The molecule has 6 heteroatoms. The summed E-state index contributed by atoms with van der Waals surface area (Å²) in [5.41, 5.74) is -0.0395. The van der Waals surface area contributed by atoms with Crippen LogP contribution >= 0.6 is 0 Å². The van der Waals surface area contributed by atoms with Crippen molar-refractivity contribution >= 4 is 11.8 Å². The number of piperidine rings is 1. The molecule has 6 nitrogen and oxygen atoms in total. The number of aromatic nitrogens is 1. The van der Waals surface area contributed by atoms with Gasteiger partial charge in [-0.05, 0) is 48.6 Å². The van der Waals surface area contributed by atoms with Crippen LogP contribution in [0.15, 0.2) is 23.1 Å². The van der Waals surface area contributed by atoms with E-state index in [1.807, 2.05) is 0 Å². The Bertz CT molecular complexity index is 762. The summed E-state index contributed by atoms with van der Waals surface area (Å²) >= 11 is 0. The molecule has 0 radical (unpaired) electrons. The molecule has 1 aromatic heterocycles. The van der Waals surface area contributed by atoms with Gasteiger partial charge in [-0.1, -0.05) is 20.8 Å². The molecule has 1 saturated heterocycles. The van der Waals surface area contributed by atoms with E-state index in [-0.39, 0.29) is 40.4 Å². The number of amides is 2. The molecular weight excluding hydrogens is 330 g/mol. The van der Waals surface area contributed by atoms with Gasteiger partial charge in [-0.3, -0.25) is 14.4 Å². The van der Waals surface area contributed by atoms with E-state index >= 15 is 0 Å². The van der Waals surface area contributed by atoms with Crippen LogP contribution in [0.25, 0.3) is 0 Å². The highest BCUT2D eigenvalue weighted by atomic mass is 16.2. The van der Waals surface area contributed by atoms with Crippen molar-refractivity contribution < 1.29 is 9.59 Å². The number of fused-ring (bicyclic) bond motifs is 1. The molecule has 2 N–H and O–H groups in total. The van der Waals surface area contributed by atoms with Crippen LogP contribution in [0.4, 0.5) is 0 Å². The van der Waals surface area contributed by atoms with E-state index in [0.717, 1.165) is 19.3 Å². The first-order chi connectivity index (χ1) is 12.2. The third-order valence-corrected chi connectivity index (χ3v) is 5.99. The highest BCUT2D eigenvalue weighted by molar-refractivity contribution is 5.94. The summed E-state index contributed by atoms with van der Waals surface area (Å²) in [4.78, 5) is 36.8. The summed E-state index contributed by atoms with van der Waals surface area (Å²) in [5.74, 6) is 0.587. The summed E-state index contributed by atoms with van der Waals surface area (Å²) in [7, 11) is 1.63. The fourth-order valence-corrected chi connectivity index (χ4v) is 4.57. The molecule has 4 atom stereocenters. The maximum Gasteiger partial charge on any atom is 0.263 e. The lowest BCUT2D eigenvalue weighted by Gasteiger charge is -2.48. The molecule has 26 heavy (non-hydrogen) atoms. The van der Waals surface area contributed by atoms with Crippen LogP contribution in [0.3, 0.4) is 0 Å². The smallest absolute Gasteiger partial charge is 0.263 e. The molecule has 1 aliphatic heterocycles. The zero-order valence-electron chi connectivity index (χ0n) is 16.0. The Balaban J connectivity index is 1.70. The number of hydrogen-bond donors (Lipinski definition) is 2. The van der Waals surface area contributed by atoms with E-state index < -0.39 is 0 Å². The lowest BCUT2D eigenvalue weighted by Crippen LogP contribution is -2.57. The number of nitrogens with zero attached hydrogens (tertiary/aromatic N) is 1. The number of carbonyl (C=O) groups excluding carboxylic acids is 2. The zero-order chi connectivity index (χ0) is 19.1. The van der Waals surface area contributed by atoms with E-state index in [1.165, 1.54) is 4.57 Å². The molecule has 1 aromatic rings. The van der Waals surface area contributed by atoms with Crippen molar-refractivity contribution in [3.63, 3.8) is 0 Å². The second-order valence-corrected chi connectivity index (χ2v) is 8.84. The topological polar surface area (TPSA) is 80.2 Å². The number of carbonyl (C=O) groups is 2. The first-order valence-corrected chi connectivity index (χ1v) is 9.42. The Hall–Kier alpha value is -2.11. The van der Waals surface area contributed by atoms with E-state index in [0.29, 0.717) is 18.3 Å². The summed E-state index contributed by atoms with van der Waals surface area (Å²) in [5, 5.41) is 6.13. The molecule has 2 amide bonds. The molecule has 1 saturated carbocycles. The summed E-state index contributed by atoms with van der Waals surface area (Å²) in [6, 6.07) is 3.33. The Morgan fingerprint density at radius 1 is 1.27 bits per heavy atom. The lowest BCUT2D eigenvalue weighted by molar-refractivity contribution is -0.129. The van der Waals surface area contributed by atoms with Gasteiger partial charge in [-0.15, -0.1) is 0 Å². The average molecular weight is 359 g/mol. The van der Waals surface area contributed by atoms with Crippen LogP contribution < -0.4 is 16.2 Å². The predicted octanol–water partition coefficient (Wildman–Crippen LogP) is 1.83. The number of nitrogens with one attached hydrogen (secondary N) is 2. The highest BCUT2D eigenvalue weighted by Gasteiger charge is 2.45. The first-order valence-electron chi connectivity index (χ1n) is 9.42. The lowest BCUT2D eigenvalue weighted by atomic mass is 9.62. The van der Waals surface area contributed by atoms with Gasteiger partial charge in [0.25, 0.3) is 11.5 Å². The quantitative estimate of drug-likeness (QED) is 0.845. The van der Waals surface area contributed by atoms with Gasteiger partial charge in [0.2, 0.25) is 5.91 Å². The van der Waals surface area contributed by atoms with Crippen molar-refractivity contribution in [2.75, 3.05) is 0 Å². The zero-order valence-corrected chi connectivity index (χ0v) is 16.0. The Kier molecular flexibility index (Phi) is 4.95. The second kappa shape index (κ2) is 6.89. The maximum absolute atomic E-state index is 12.5.